The first-order valence-electron chi connectivity index (χ1n) is 8.03. The summed E-state index contributed by atoms with van der Waals surface area (Å²) in [5.74, 6) is 0.693. The molecule has 1 aromatic heterocycles. The Labute approximate surface area is 144 Å². The standard InChI is InChI=1S/C18H20F3N3O/c1-3-24(4-2)16(17-6-5-9-25-17)12-23-15-8-7-13(11-22)10-14(15)18(19,20)21/h5-10,16,23H,3-4,12H2,1-2H3. The molecule has 0 radical (unpaired) electrons. The number of nitrogens with one attached hydrogen (secondary N) is 1. The Bertz CT molecular complexity index is 716. The van der Waals surface area contributed by atoms with Gasteiger partial charge in [-0.25, -0.2) is 0 Å². The molecule has 7 heteroatoms. The molecule has 1 aromatic carbocycles. The molecule has 0 aliphatic heterocycles. The first kappa shape index (κ1) is 18.9. The zero-order valence-corrected chi connectivity index (χ0v) is 14.1. The van der Waals surface area contributed by atoms with Crippen molar-refractivity contribution in [1.82, 2.24) is 4.90 Å². The van der Waals surface area contributed by atoms with Gasteiger partial charge in [-0.15, -0.1) is 0 Å². The number of alkyl halides is 3. The largest absolute Gasteiger partial charge is 0.468 e. The van der Waals surface area contributed by atoms with Crippen molar-refractivity contribution in [3.05, 3.63) is 53.5 Å². The van der Waals surface area contributed by atoms with Crippen LogP contribution in [-0.2, 0) is 6.18 Å². The lowest BCUT2D eigenvalue weighted by Crippen LogP contribution is -2.33. The molecule has 2 rings (SSSR count). The van der Waals surface area contributed by atoms with E-state index in [-0.39, 0.29) is 23.8 Å². The molecule has 0 aliphatic carbocycles. The van der Waals surface area contributed by atoms with Crippen LogP contribution < -0.4 is 5.32 Å². The molecule has 1 unspecified atom stereocenters. The van der Waals surface area contributed by atoms with Gasteiger partial charge in [0, 0.05) is 12.2 Å². The van der Waals surface area contributed by atoms with E-state index in [0.717, 1.165) is 19.2 Å². The van der Waals surface area contributed by atoms with Gasteiger partial charge in [-0.05, 0) is 43.4 Å². The molecule has 0 fully saturated rings. The van der Waals surface area contributed by atoms with Crippen LogP contribution in [0.5, 0.6) is 0 Å². The highest BCUT2D eigenvalue weighted by Gasteiger charge is 2.34. The topological polar surface area (TPSA) is 52.2 Å². The second kappa shape index (κ2) is 8.08. The number of nitrogens with zero attached hydrogens (tertiary/aromatic N) is 2. The summed E-state index contributed by atoms with van der Waals surface area (Å²) in [5, 5.41) is 11.7. The third-order valence-electron chi connectivity index (χ3n) is 4.06. The maximum Gasteiger partial charge on any atom is 0.418 e. The van der Waals surface area contributed by atoms with Gasteiger partial charge >= 0.3 is 6.18 Å². The Morgan fingerprint density at radius 1 is 1.24 bits per heavy atom. The lowest BCUT2D eigenvalue weighted by Gasteiger charge is -2.29. The molecule has 0 aliphatic rings. The fraction of sp³-hybridized carbons (Fsp3) is 0.389. The van der Waals surface area contributed by atoms with E-state index >= 15 is 0 Å². The van der Waals surface area contributed by atoms with Gasteiger partial charge in [0.1, 0.15) is 5.76 Å². The first-order valence-corrected chi connectivity index (χ1v) is 8.03. The molecule has 0 bridgehead atoms. The highest BCUT2D eigenvalue weighted by Crippen LogP contribution is 2.36. The molecule has 1 heterocycles. The number of rotatable bonds is 7. The van der Waals surface area contributed by atoms with E-state index in [4.69, 9.17) is 9.68 Å². The van der Waals surface area contributed by atoms with Gasteiger partial charge in [-0.2, -0.15) is 18.4 Å². The molecule has 4 nitrogen and oxygen atoms in total. The lowest BCUT2D eigenvalue weighted by atomic mass is 10.1. The van der Waals surface area contributed by atoms with Crippen LogP contribution in [0.25, 0.3) is 0 Å². The van der Waals surface area contributed by atoms with Crippen LogP contribution in [0.4, 0.5) is 18.9 Å². The van der Waals surface area contributed by atoms with Gasteiger partial charge in [0.05, 0.1) is 29.5 Å². The molecule has 0 saturated carbocycles. The van der Waals surface area contributed by atoms with Gasteiger partial charge in [0.25, 0.3) is 0 Å². The van der Waals surface area contributed by atoms with Crippen molar-refractivity contribution >= 4 is 5.69 Å². The Morgan fingerprint density at radius 3 is 2.48 bits per heavy atom. The highest BCUT2D eigenvalue weighted by molar-refractivity contribution is 5.56. The zero-order valence-electron chi connectivity index (χ0n) is 14.1. The summed E-state index contributed by atoms with van der Waals surface area (Å²) >= 11 is 0. The molecule has 0 amide bonds. The predicted octanol–water partition coefficient (Wildman–Crippen LogP) is 4.67. The van der Waals surface area contributed by atoms with Crippen LogP contribution in [0.1, 0.15) is 36.8 Å². The maximum atomic E-state index is 13.3. The van der Waals surface area contributed by atoms with E-state index in [2.05, 4.69) is 10.2 Å². The molecule has 2 aromatic rings. The quantitative estimate of drug-likeness (QED) is 0.788. The first-order chi connectivity index (χ1) is 11.9. The van der Waals surface area contributed by atoms with Crippen LogP contribution in [0.2, 0.25) is 0 Å². The minimum Gasteiger partial charge on any atom is -0.468 e. The van der Waals surface area contributed by atoms with E-state index in [1.54, 1.807) is 18.4 Å². The monoisotopic (exact) mass is 351 g/mol. The van der Waals surface area contributed by atoms with E-state index in [9.17, 15) is 13.2 Å². The number of anilines is 1. The number of furan rings is 1. The number of nitriles is 1. The fourth-order valence-corrected chi connectivity index (χ4v) is 2.76. The average Bonchev–Trinajstić information content (AvgIpc) is 3.12. The highest BCUT2D eigenvalue weighted by atomic mass is 19.4. The Hall–Kier alpha value is -2.46. The normalized spacial score (nSPS) is 12.8. The van der Waals surface area contributed by atoms with E-state index in [0.29, 0.717) is 5.76 Å². The maximum absolute atomic E-state index is 13.3. The van der Waals surface area contributed by atoms with Crippen LogP contribution in [0.3, 0.4) is 0 Å². The third kappa shape index (κ3) is 4.54. The predicted molar refractivity (Wildman–Crippen MR) is 89.0 cm³/mol. The molecule has 134 valence electrons. The summed E-state index contributed by atoms with van der Waals surface area (Å²) in [6.45, 7) is 5.71. The lowest BCUT2D eigenvalue weighted by molar-refractivity contribution is -0.137. The van der Waals surface area contributed by atoms with Gasteiger partial charge in [0.15, 0.2) is 0 Å². The molecular weight excluding hydrogens is 331 g/mol. The Kier molecular flexibility index (Phi) is 6.10. The van der Waals surface area contributed by atoms with Crippen molar-refractivity contribution in [2.45, 2.75) is 26.1 Å². The van der Waals surface area contributed by atoms with Crippen molar-refractivity contribution in [2.24, 2.45) is 0 Å². The van der Waals surface area contributed by atoms with Gasteiger partial charge < -0.3 is 9.73 Å². The minimum atomic E-state index is -4.54. The molecule has 0 spiro atoms. The van der Waals surface area contributed by atoms with Crippen molar-refractivity contribution in [3.8, 4) is 6.07 Å². The van der Waals surface area contributed by atoms with Crippen molar-refractivity contribution in [2.75, 3.05) is 25.0 Å². The van der Waals surface area contributed by atoms with Gasteiger partial charge in [-0.1, -0.05) is 13.8 Å². The summed E-state index contributed by atoms with van der Waals surface area (Å²) in [7, 11) is 0. The van der Waals surface area contributed by atoms with E-state index < -0.39 is 11.7 Å². The van der Waals surface area contributed by atoms with Gasteiger partial charge in [-0.3, -0.25) is 4.90 Å². The van der Waals surface area contributed by atoms with Crippen LogP contribution >= 0.6 is 0 Å². The summed E-state index contributed by atoms with van der Waals surface area (Å²) in [6.07, 6.45) is -2.99. The Morgan fingerprint density at radius 2 is 1.96 bits per heavy atom. The fourth-order valence-electron chi connectivity index (χ4n) is 2.76. The van der Waals surface area contributed by atoms with E-state index in [1.807, 2.05) is 19.9 Å². The van der Waals surface area contributed by atoms with Crippen LogP contribution in [-0.4, -0.2) is 24.5 Å². The SMILES string of the molecule is CCN(CC)C(CNc1ccc(C#N)cc1C(F)(F)F)c1ccco1. The second-order valence-corrected chi connectivity index (χ2v) is 5.50. The zero-order chi connectivity index (χ0) is 18.4. The summed E-state index contributed by atoms with van der Waals surface area (Å²) in [4.78, 5) is 2.10. The summed E-state index contributed by atoms with van der Waals surface area (Å²) in [6, 6.07) is 8.65. The summed E-state index contributed by atoms with van der Waals surface area (Å²) < 4.78 is 45.3. The van der Waals surface area contributed by atoms with Crippen molar-refractivity contribution in [1.29, 1.82) is 5.26 Å². The molecular formula is C18H20F3N3O. The molecule has 25 heavy (non-hydrogen) atoms. The van der Waals surface area contributed by atoms with Crippen LogP contribution in [0.15, 0.2) is 41.0 Å². The number of likely N-dealkylation sites (N-methyl/N-ethyl adjacent to an activating group) is 1. The van der Waals surface area contributed by atoms with Crippen molar-refractivity contribution in [3.63, 3.8) is 0 Å². The average molecular weight is 351 g/mol. The molecule has 1 N–H and O–H groups in total. The Balaban J connectivity index is 2.27. The minimum absolute atomic E-state index is 0.0239. The number of hydrogen-bond acceptors (Lipinski definition) is 4. The number of hydrogen-bond donors (Lipinski definition) is 1. The smallest absolute Gasteiger partial charge is 0.418 e. The van der Waals surface area contributed by atoms with Crippen LogP contribution in [0, 0.1) is 11.3 Å². The molecule has 1 atom stereocenters. The summed E-state index contributed by atoms with van der Waals surface area (Å²) in [5.41, 5.74) is -0.913. The molecule has 0 saturated heterocycles. The van der Waals surface area contributed by atoms with Gasteiger partial charge in [0.2, 0.25) is 0 Å². The van der Waals surface area contributed by atoms with Crippen molar-refractivity contribution < 1.29 is 17.6 Å². The third-order valence-corrected chi connectivity index (χ3v) is 4.06. The number of benzene rings is 1. The second-order valence-electron chi connectivity index (χ2n) is 5.50. The van der Waals surface area contributed by atoms with E-state index in [1.165, 1.54) is 12.1 Å². The number of halogens is 3.